The number of hydrogen-bond donors (Lipinski definition) is 1. The fourth-order valence-electron chi connectivity index (χ4n) is 3.12. The summed E-state index contributed by atoms with van der Waals surface area (Å²) in [5.41, 5.74) is 2.24. The van der Waals surface area contributed by atoms with Crippen LogP contribution in [0.2, 0.25) is 0 Å². The number of piperazine rings is 1. The SMILES string of the molecule is CC(C)n1nccc1CN1CCNCC1c1cccc(F)c1. The first-order chi connectivity index (χ1) is 10.6. The third-order valence-corrected chi connectivity index (χ3v) is 4.19. The van der Waals surface area contributed by atoms with Gasteiger partial charge in [0.05, 0.1) is 5.69 Å². The first-order valence-electron chi connectivity index (χ1n) is 7.88. The molecule has 2 heterocycles. The Kier molecular flexibility index (Phi) is 4.55. The van der Waals surface area contributed by atoms with Gasteiger partial charge in [0.1, 0.15) is 5.82 Å². The lowest BCUT2D eigenvalue weighted by atomic mass is 10.0. The normalized spacial score (nSPS) is 19.7. The Morgan fingerprint density at radius 3 is 3.00 bits per heavy atom. The second-order valence-electron chi connectivity index (χ2n) is 6.11. The van der Waals surface area contributed by atoms with Crippen molar-refractivity contribution < 1.29 is 4.39 Å². The summed E-state index contributed by atoms with van der Waals surface area (Å²) in [7, 11) is 0. The average molecular weight is 302 g/mol. The molecule has 0 bridgehead atoms. The fraction of sp³-hybridized carbons (Fsp3) is 0.471. The summed E-state index contributed by atoms with van der Waals surface area (Å²) in [6, 6.07) is 9.55. The van der Waals surface area contributed by atoms with Gasteiger partial charge in [-0.15, -0.1) is 0 Å². The van der Waals surface area contributed by atoms with Crippen molar-refractivity contribution in [3.63, 3.8) is 0 Å². The molecule has 1 aliphatic rings. The molecule has 1 unspecified atom stereocenters. The van der Waals surface area contributed by atoms with Crippen molar-refractivity contribution in [3.8, 4) is 0 Å². The minimum Gasteiger partial charge on any atom is -0.314 e. The fourth-order valence-corrected chi connectivity index (χ4v) is 3.12. The van der Waals surface area contributed by atoms with Crippen LogP contribution in [0, 0.1) is 5.82 Å². The van der Waals surface area contributed by atoms with E-state index in [0.717, 1.165) is 31.7 Å². The van der Waals surface area contributed by atoms with Crippen LogP contribution in [0.15, 0.2) is 36.5 Å². The third-order valence-electron chi connectivity index (χ3n) is 4.19. The molecule has 1 saturated heterocycles. The maximum absolute atomic E-state index is 13.5. The molecule has 22 heavy (non-hydrogen) atoms. The lowest BCUT2D eigenvalue weighted by Gasteiger charge is -2.36. The van der Waals surface area contributed by atoms with Crippen LogP contribution in [0.4, 0.5) is 4.39 Å². The van der Waals surface area contributed by atoms with Crippen molar-refractivity contribution in [3.05, 3.63) is 53.6 Å². The van der Waals surface area contributed by atoms with Gasteiger partial charge in [0.25, 0.3) is 0 Å². The van der Waals surface area contributed by atoms with Gasteiger partial charge in [-0.2, -0.15) is 5.10 Å². The van der Waals surface area contributed by atoms with E-state index < -0.39 is 0 Å². The number of nitrogens with one attached hydrogen (secondary N) is 1. The summed E-state index contributed by atoms with van der Waals surface area (Å²) in [6.07, 6.45) is 1.86. The lowest BCUT2D eigenvalue weighted by Crippen LogP contribution is -2.45. The van der Waals surface area contributed by atoms with Crippen molar-refractivity contribution in [2.24, 2.45) is 0 Å². The standard InChI is InChI=1S/C17H23FN4/c1-13(2)22-16(6-7-20-22)12-21-9-8-19-11-17(21)14-4-3-5-15(18)10-14/h3-7,10,13,17,19H,8-9,11-12H2,1-2H3. The van der Waals surface area contributed by atoms with Gasteiger partial charge >= 0.3 is 0 Å². The Hall–Kier alpha value is -1.72. The Morgan fingerprint density at radius 1 is 1.36 bits per heavy atom. The third kappa shape index (κ3) is 3.20. The van der Waals surface area contributed by atoms with Crippen molar-refractivity contribution in [2.45, 2.75) is 32.5 Å². The number of halogens is 1. The highest BCUT2D eigenvalue weighted by molar-refractivity contribution is 5.21. The largest absolute Gasteiger partial charge is 0.314 e. The lowest BCUT2D eigenvalue weighted by molar-refractivity contribution is 0.148. The summed E-state index contributed by atoms with van der Waals surface area (Å²) >= 11 is 0. The zero-order chi connectivity index (χ0) is 15.5. The zero-order valence-corrected chi connectivity index (χ0v) is 13.2. The van der Waals surface area contributed by atoms with Crippen LogP contribution < -0.4 is 5.32 Å². The van der Waals surface area contributed by atoms with Crippen molar-refractivity contribution in [1.82, 2.24) is 20.0 Å². The first-order valence-corrected chi connectivity index (χ1v) is 7.88. The summed E-state index contributed by atoms with van der Waals surface area (Å²) in [4.78, 5) is 2.40. The van der Waals surface area contributed by atoms with Gasteiger partial charge in [0.15, 0.2) is 0 Å². The number of nitrogens with zero attached hydrogens (tertiary/aromatic N) is 3. The van der Waals surface area contributed by atoms with Crippen LogP contribution in [0.1, 0.15) is 37.2 Å². The van der Waals surface area contributed by atoms with Gasteiger partial charge < -0.3 is 5.32 Å². The molecule has 1 aromatic carbocycles. The molecule has 0 radical (unpaired) electrons. The summed E-state index contributed by atoms with van der Waals surface area (Å²) < 4.78 is 15.6. The molecule has 1 fully saturated rings. The van der Waals surface area contributed by atoms with E-state index in [1.807, 2.05) is 12.3 Å². The molecule has 5 heteroatoms. The summed E-state index contributed by atoms with van der Waals surface area (Å²) in [5.74, 6) is -0.171. The molecular formula is C17H23FN4. The molecule has 2 aromatic rings. The minimum absolute atomic E-state index is 0.171. The van der Waals surface area contributed by atoms with Crippen molar-refractivity contribution in [1.29, 1.82) is 0 Å². The van der Waals surface area contributed by atoms with E-state index >= 15 is 0 Å². The van der Waals surface area contributed by atoms with E-state index in [9.17, 15) is 4.39 Å². The van der Waals surface area contributed by atoms with Crippen LogP contribution in [0.25, 0.3) is 0 Å². The predicted molar refractivity (Wildman–Crippen MR) is 85.0 cm³/mol. The molecule has 3 rings (SSSR count). The van der Waals surface area contributed by atoms with Gasteiger partial charge in [-0.05, 0) is 37.6 Å². The Bertz CT molecular complexity index is 623. The van der Waals surface area contributed by atoms with E-state index in [1.165, 1.54) is 11.8 Å². The summed E-state index contributed by atoms with van der Waals surface area (Å²) in [5, 5.41) is 7.82. The number of hydrogen-bond acceptors (Lipinski definition) is 3. The van der Waals surface area contributed by atoms with Gasteiger partial charge in [-0.1, -0.05) is 12.1 Å². The Balaban J connectivity index is 1.82. The molecule has 0 aliphatic carbocycles. The molecule has 0 amide bonds. The molecule has 118 valence electrons. The average Bonchev–Trinajstić information content (AvgIpc) is 2.96. The Labute approximate surface area is 130 Å². The Morgan fingerprint density at radius 2 is 2.23 bits per heavy atom. The first kappa shape index (κ1) is 15.2. The number of benzene rings is 1. The number of rotatable bonds is 4. The predicted octanol–water partition coefficient (Wildman–Crippen LogP) is 2.75. The molecule has 1 atom stereocenters. The van der Waals surface area contributed by atoms with E-state index in [4.69, 9.17) is 0 Å². The van der Waals surface area contributed by atoms with Crippen LogP contribution in [0.5, 0.6) is 0 Å². The highest BCUT2D eigenvalue weighted by Crippen LogP contribution is 2.25. The molecule has 1 aliphatic heterocycles. The molecule has 1 N–H and O–H groups in total. The molecule has 1 aromatic heterocycles. The van der Waals surface area contributed by atoms with Gasteiger partial charge in [0.2, 0.25) is 0 Å². The van der Waals surface area contributed by atoms with Gasteiger partial charge in [-0.25, -0.2) is 4.39 Å². The van der Waals surface area contributed by atoms with Crippen molar-refractivity contribution >= 4 is 0 Å². The highest BCUT2D eigenvalue weighted by Gasteiger charge is 2.25. The van der Waals surface area contributed by atoms with Gasteiger partial charge in [-0.3, -0.25) is 9.58 Å². The topological polar surface area (TPSA) is 33.1 Å². The monoisotopic (exact) mass is 302 g/mol. The second-order valence-corrected chi connectivity index (χ2v) is 6.11. The van der Waals surface area contributed by atoms with Crippen LogP contribution >= 0.6 is 0 Å². The quantitative estimate of drug-likeness (QED) is 0.943. The molecule has 0 saturated carbocycles. The maximum atomic E-state index is 13.5. The van der Waals surface area contributed by atoms with E-state index in [1.54, 1.807) is 12.1 Å². The van der Waals surface area contributed by atoms with E-state index in [0.29, 0.717) is 6.04 Å². The van der Waals surface area contributed by atoms with Gasteiger partial charge in [0, 0.05) is 44.5 Å². The summed E-state index contributed by atoms with van der Waals surface area (Å²) in [6.45, 7) is 7.86. The second kappa shape index (κ2) is 6.58. The smallest absolute Gasteiger partial charge is 0.123 e. The minimum atomic E-state index is -0.171. The van der Waals surface area contributed by atoms with Crippen molar-refractivity contribution in [2.75, 3.05) is 19.6 Å². The van der Waals surface area contributed by atoms with E-state index in [-0.39, 0.29) is 11.9 Å². The van der Waals surface area contributed by atoms with Crippen LogP contribution in [-0.4, -0.2) is 34.3 Å². The molecule has 4 nitrogen and oxygen atoms in total. The highest BCUT2D eigenvalue weighted by atomic mass is 19.1. The molecule has 0 spiro atoms. The van der Waals surface area contributed by atoms with Crippen LogP contribution in [0.3, 0.4) is 0 Å². The molecular weight excluding hydrogens is 279 g/mol. The van der Waals surface area contributed by atoms with E-state index in [2.05, 4.69) is 39.9 Å². The zero-order valence-electron chi connectivity index (χ0n) is 13.2. The van der Waals surface area contributed by atoms with Crippen LogP contribution in [-0.2, 0) is 6.54 Å². The maximum Gasteiger partial charge on any atom is 0.123 e. The number of aromatic nitrogens is 2.